The highest BCUT2D eigenvalue weighted by Gasteiger charge is 2.08. The fourth-order valence-electron chi connectivity index (χ4n) is 2.14. The molecule has 4 nitrogen and oxygen atoms in total. The van der Waals surface area contributed by atoms with Crippen LogP contribution < -0.4 is 15.4 Å². The van der Waals surface area contributed by atoms with E-state index in [1.807, 2.05) is 12.1 Å². The minimum absolute atomic E-state index is 0.163. The fraction of sp³-hybridized carbons (Fsp3) is 0.278. The van der Waals surface area contributed by atoms with E-state index in [1.165, 1.54) is 5.56 Å². The van der Waals surface area contributed by atoms with Crippen LogP contribution >= 0.6 is 11.6 Å². The van der Waals surface area contributed by atoms with Crippen molar-refractivity contribution in [1.29, 1.82) is 0 Å². The van der Waals surface area contributed by atoms with E-state index >= 15 is 0 Å². The van der Waals surface area contributed by atoms with Crippen LogP contribution in [0.5, 0.6) is 5.75 Å². The number of hydrogen-bond donors (Lipinski definition) is 2. The Hall–Kier alpha value is -2.20. The van der Waals surface area contributed by atoms with Gasteiger partial charge in [0.25, 0.3) is 0 Å². The van der Waals surface area contributed by atoms with Crippen molar-refractivity contribution < 1.29 is 9.53 Å². The first kappa shape index (κ1) is 17.2. The van der Waals surface area contributed by atoms with Crippen LogP contribution in [0, 0.1) is 0 Å². The number of anilines is 2. The Kier molecular flexibility index (Phi) is 5.88. The summed E-state index contributed by atoms with van der Waals surface area (Å²) in [6.07, 6.45) is 0. The Balaban J connectivity index is 1.94. The van der Waals surface area contributed by atoms with Crippen LogP contribution in [0.4, 0.5) is 11.4 Å². The van der Waals surface area contributed by atoms with Crippen LogP contribution in [0.25, 0.3) is 0 Å². The van der Waals surface area contributed by atoms with E-state index in [9.17, 15) is 4.79 Å². The Bertz CT molecular complexity index is 669. The topological polar surface area (TPSA) is 50.4 Å². The molecule has 23 heavy (non-hydrogen) atoms. The van der Waals surface area contributed by atoms with Gasteiger partial charge >= 0.3 is 0 Å². The summed E-state index contributed by atoms with van der Waals surface area (Å²) in [7, 11) is 1.55. The molecule has 0 radical (unpaired) electrons. The van der Waals surface area contributed by atoms with E-state index in [-0.39, 0.29) is 12.5 Å². The second kappa shape index (κ2) is 7.88. The Morgan fingerprint density at radius 1 is 1.17 bits per heavy atom. The fourth-order valence-corrected chi connectivity index (χ4v) is 2.31. The summed E-state index contributed by atoms with van der Waals surface area (Å²) in [5.74, 6) is 0.894. The summed E-state index contributed by atoms with van der Waals surface area (Å²) in [6.45, 7) is 4.46. The molecule has 2 rings (SSSR count). The van der Waals surface area contributed by atoms with E-state index in [1.54, 1.807) is 25.3 Å². The third kappa shape index (κ3) is 4.89. The predicted octanol–water partition coefficient (Wildman–Crippen LogP) is 4.52. The van der Waals surface area contributed by atoms with Gasteiger partial charge in [0.15, 0.2) is 0 Å². The highest BCUT2D eigenvalue weighted by Crippen LogP contribution is 2.27. The normalized spacial score (nSPS) is 10.5. The van der Waals surface area contributed by atoms with Gasteiger partial charge in [0, 0.05) is 10.7 Å². The molecule has 2 N–H and O–H groups in total. The minimum Gasteiger partial charge on any atom is -0.495 e. The highest BCUT2D eigenvalue weighted by molar-refractivity contribution is 6.31. The van der Waals surface area contributed by atoms with Gasteiger partial charge in [-0.1, -0.05) is 37.6 Å². The zero-order valence-corrected chi connectivity index (χ0v) is 14.3. The van der Waals surface area contributed by atoms with Crippen LogP contribution in [0.3, 0.4) is 0 Å². The summed E-state index contributed by atoms with van der Waals surface area (Å²) < 4.78 is 5.21. The molecular formula is C18H21ClN2O2. The number of amides is 1. The number of carbonyl (C=O) groups is 1. The largest absolute Gasteiger partial charge is 0.495 e. The maximum absolute atomic E-state index is 12.1. The second-order valence-electron chi connectivity index (χ2n) is 5.52. The molecule has 2 aromatic rings. The SMILES string of the molecule is COc1ccc(Cl)cc1NC(=O)CNc1ccc(C(C)C)cc1. The lowest BCUT2D eigenvalue weighted by Crippen LogP contribution is -2.22. The van der Waals surface area contributed by atoms with E-state index in [4.69, 9.17) is 16.3 Å². The summed E-state index contributed by atoms with van der Waals surface area (Å²) in [6, 6.07) is 13.2. The lowest BCUT2D eigenvalue weighted by atomic mass is 10.0. The van der Waals surface area contributed by atoms with E-state index in [2.05, 4.69) is 36.6 Å². The van der Waals surface area contributed by atoms with Crippen molar-refractivity contribution in [3.8, 4) is 5.75 Å². The zero-order valence-electron chi connectivity index (χ0n) is 13.5. The Morgan fingerprint density at radius 2 is 1.87 bits per heavy atom. The molecule has 5 heteroatoms. The molecule has 2 aromatic carbocycles. The lowest BCUT2D eigenvalue weighted by Gasteiger charge is -2.12. The summed E-state index contributed by atoms with van der Waals surface area (Å²) >= 11 is 5.95. The number of ether oxygens (including phenoxy) is 1. The van der Waals surface area contributed by atoms with Crippen LogP contribution in [0.1, 0.15) is 25.3 Å². The van der Waals surface area contributed by atoms with E-state index in [0.717, 1.165) is 5.69 Å². The third-order valence-corrected chi connectivity index (χ3v) is 3.70. The molecule has 0 atom stereocenters. The van der Waals surface area contributed by atoms with Crippen molar-refractivity contribution in [2.24, 2.45) is 0 Å². The predicted molar refractivity (Wildman–Crippen MR) is 95.7 cm³/mol. The molecule has 0 unspecified atom stereocenters. The first-order valence-electron chi connectivity index (χ1n) is 7.47. The molecule has 0 fully saturated rings. The molecule has 0 heterocycles. The summed E-state index contributed by atoms with van der Waals surface area (Å²) in [5.41, 5.74) is 2.73. The molecule has 0 bridgehead atoms. The standard InChI is InChI=1S/C18H21ClN2O2/c1-12(2)13-4-7-15(8-5-13)20-11-18(22)21-16-10-14(19)6-9-17(16)23-3/h4-10,12,20H,11H2,1-3H3,(H,21,22). The number of nitrogens with one attached hydrogen (secondary N) is 2. The van der Waals surface area contributed by atoms with Gasteiger partial charge in [0.2, 0.25) is 5.91 Å². The van der Waals surface area contributed by atoms with Gasteiger partial charge in [-0.15, -0.1) is 0 Å². The summed E-state index contributed by atoms with van der Waals surface area (Å²) in [5, 5.41) is 6.43. The molecule has 0 saturated carbocycles. The van der Waals surface area contributed by atoms with Gasteiger partial charge in [-0.05, 0) is 41.8 Å². The second-order valence-corrected chi connectivity index (χ2v) is 5.96. The highest BCUT2D eigenvalue weighted by atomic mass is 35.5. The maximum atomic E-state index is 12.1. The van der Waals surface area contributed by atoms with Crippen LogP contribution in [-0.4, -0.2) is 19.6 Å². The van der Waals surface area contributed by atoms with Gasteiger partial charge in [0.1, 0.15) is 5.75 Å². The van der Waals surface area contributed by atoms with Crippen LogP contribution in [-0.2, 0) is 4.79 Å². The number of hydrogen-bond acceptors (Lipinski definition) is 3. The smallest absolute Gasteiger partial charge is 0.243 e. The average Bonchev–Trinajstić information content (AvgIpc) is 2.53. The Morgan fingerprint density at radius 3 is 2.48 bits per heavy atom. The van der Waals surface area contributed by atoms with Gasteiger partial charge < -0.3 is 15.4 Å². The van der Waals surface area contributed by atoms with Gasteiger partial charge in [0.05, 0.1) is 19.3 Å². The lowest BCUT2D eigenvalue weighted by molar-refractivity contribution is -0.114. The minimum atomic E-state index is -0.168. The Labute approximate surface area is 141 Å². The molecule has 0 saturated heterocycles. The maximum Gasteiger partial charge on any atom is 0.243 e. The molecule has 0 spiro atoms. The number of rotatable bonds is 6. The van der Waals surface area contributed by atoms with Crippen molar-refractivity contribution in [3.05, 3.63) is 53.1 Å². The van der Waals surface area contributed by atoms with E-state index in [0.29, 0.717) is 22.4 Å². The number of carbonyl (C=O) groups excluding carboxylic acids is 1. The van der Waals surface area contributed by atoms with Crippen molar-refractivity contribution in [1.82, 2.24) is 0 Å². The van der Waals surface area contributed by atoms with Crippen LogP contribution in [0.15, 0.2) is 42.5 Å². The van der Waals surface area contributed by atoms with Crippen molar-refractivity contribution in [2.45, 2.75) is 19.8 Å². The number of methoxy groups -OCH3 is 1. The monoisotopic (exact) mass is 332 g/mol. The molecule has 0 aliphatic rings. The first-order chi connectivity index (χ1) is 11.0. The number of benzene rings is 2. The molecular weight excluding hydrogens is 312 g/mol. The van der Waals surface area contributed by atoms with Gasteiger partial charge in [-0.2, -0.15) is 0 Å². The van der Waals surface area contributed by atoms with Gasteiger partial charge in [-0.25, -0.2) is 0 Å². The van der Waals surface area contributed by atoms with E-state index < -0.39 is 0 Å². The quantitative estimate of drug-likeness (QED) is 0.817. The first-order valence-corrected chi connectivity index (χ1v) is 7.84. The van der Waals surface area contributed by atoms with Crippen LogP contribution in [0.2, 0.25) is 5.02 Å². The molecule has 122 valence electrons. The van der Waals surface area contributed by atoms with Crippen molar-refractivity contribution in [2.75, 3.05) is 24.3 Å². The average molecular weight is 333 g/mol. The third-order valence-electron chi connectivity index (χ3n) is 3.47. The zero-order chi connectivity index (χ0) is 16.8. The number of halogens is 1. The summed E-state index contributed by atoms with van der Waals surface area (Å²) in [4.78, 5) is 12.1. The molecule has 0 aromatic heterocycles. The van der Waals surface area contributed by atoms with Crippen molar-refractivity contribution >= 4 is 28.9 Å². The molecule has 0 aliphatic carbocycles. The molecule has 1 amide bonds. The van der Waals surface area contributed by atoms with Gasteiger partial charge in [-0.3, -0.25) is 4.79 Å². The van der Waals surface area contributed by atoms with Crippen molar-refractivity contribution in [3.63, 3.8) is 0 Å². The molecule has 0 aliphatic heterocycles.